The van der Waals surface area contributed by atoms with Crippen molar-refractivity contribution >= 4 is 5.97 Å². The lowest BCUT2D eigenvalue weighted by Gasteiger charge is -2.71. The number of hydrogen-bond acceptors (Lipinski definition) is 25. The highest BCUT2D eigenvalue weighted by Gasteiger charge is 2.70. The first-order valence-electron chi connectivity index (χ1n) is 29.4. The third-order valence-electron chi connectivity index (χ3n) is 22.1. The normalized spacial score (nSPS) is 54.1. The van der Waals surface area contributed by atoms with Crippen molar-refractivity contribution in [2.45, 2.75) is 253 Å². The van der Waals surface area contributed by atoms with E-state index in [0.29, 0.717) is 38.5 Å². The van der Waals surface area contributed by atoms with Crippen molar-refractivity contribution in [1.29, 1.82) is 0 Å². The predicted octanol–water partition coefficient (Wildman–Crippen LogP) is -2.38. The quantitative estimate of drug-likeness (QED) is 0.0551. The summed E-state index contributed by atoms with van der Waals surface area (Å²) in [6.07, 6.45) is -27.1. The van der Waals surface area contributed by atoms with Crippen molar-refractivity contribution in [2.24, 2.45) is 44.8 Å². The van der Waals surface area contributed by atoms with Crippen molar-refractivity contribution in [3.05, 3.63) is 23.8 Å². The second-order valence-electron chi connectivity index (χ2n) is 26.8. The van der Waals surface area contributed by atoms with E-state index >= 15 is 0 Å². The number of ether oxygens (including phenoxy) is 10. The maximum atomic E-state index is 15.0. The fourth-order valence-electron chi connectivity index (χ4n) is 16.8. The minimum atomic E-state index is -1.84. The molecule has 10 rings (SSSR count). The number of aliphatic hydroxyl groups is 14. The summed E-state index contributed by atoms with van der Waals surface area (Å²) < 4.78 is 59.0. The Bertz CT molecular complexity index is 2310. The molecule has 14 N–H and O–H groups in total. The molecule has 31 atom stereocenters. The van der Waals surface area contributed by atoms with Gasteiger partial charge in [-0.15, -0.1) is 0 Å². The fourth-order valence-corrected chi connectivity index (χ4v) is 16.8. The number of esters is 1. The Labute approximate surface area is 476 Å². The van der Waals surface area contributed by atoms with E-state index in [1.807, 2.05) is 0 Å². The highest BCUT2D eigenvalue weighted by Crippen LogP contribution is 2.75. The summed E-state index contributed by atoms with van der Waals surface area (Å²) in [6, 6.07) is 0. The summed E-state index contributed by atoms with van der Waals surface area (Å²) in [7, 11) is 0. The minimum Gasteiger partial charge on any atom is -0.432 e. The van der Waals surface area contributed by atoms with Crippen LogP contribution in [0, 0.1) is 44.8 Å². The summed E-state index contributed by atoms with van der Waals surface area (Å²) >= 11 is 0. The second-order valence-corrected chi connectivity index (χ2v) is 26.8. The van der Waals surface area contributed by atoms with Crippen LogP contribution in [-0.2, 0) is 52.2 Å². The Morgan fingerprint density at radius 3 is 1.96 bits per heavy atom. The van der Waals surface area contributed by atoms with Crippen LogP contribution in [-0.4, -0.2) is 251 Å². The van der Waals surface area contributed by atoms with E-state index in [2.05, 4.69) is 47.3 Å². The van der Waals surface area contributed by atoms with Gasteiger partial charge in [0.1, 0.15) is 104 Å². The Balaban J connectivity index is 0.797. The molecule has 5 aliphatic heterocycles. The fraction of sp³-hybridized carbons (Fsp3) is 0.912. The first-order valence-corrected chi connectivity index (χ1v) is 29.4. The molecule has 0 aromatic heterocycles. The molecule has 0 radical (unpaired) electrons. The molecular weight excluding hydrogens is 1080 g/mol. The zero-order valence-corrected chi connectivity index (χ0v) is 47.5. The van der Waals surface area contributed by atoms with E-state index in [0.717, 1.165) is 31.3 Å². The molecule has 0 aromatic carbocycles. The average Bonchev–Trinajstić information content (AvgIpc) is 1.36. The summed E-state index contributed by atoms with van der Waals surface area (Å²) in [5.41, 5.74) is -0.0379. The highest BCUT2D eigenvalue weighted by molar-refractivity contribution is 5.79. The molecular formula is C57H90O25. The molecule has 0 aromatic rings. The molecule has 5 aliphatic carbocycles. The van der Waals surface area contributed by atoms with Crippen LogP contribution in [0.3, 0.4) is 0 Å². The Morgan fingerprint density at radius 2 is 1.26 bits per heavy atom. The van der Waals surface area contributed by atoms with Crippen molar-refractivity contribution in [3.63, 3.8) is 0 Å². The van der Waals surface area contributed by atoms with E-state index < -0.39 is 177 Å². The largest absolute Gasteiger partial charge is 0.432 e. The Morgan fingerprint density at radius 1 is 0.622 bits per heavy atom. The molecule has 5 heterocycles. The van der Waals surface area contributed by atoms with Crippen LogP contribution in [0.4, 0.5) is 0 Å². The van der Waals surface area contributed by atoms with Crippen LogP contribution in [0.15, 0.2) is 23.8 Å². The monoisotopic (exact) mass is 1170 g/mol. The highest BCUT2D eigenvalue weighted by atomic mass is 16.8. The van der Waals surface area contributed by atoms with Gasteiger partial charge in [0, 0.05) is 5.92 Å². The van der Waals surface area contributed by atoms with Gasteiger partial charge in [-0.05, 0) is 105 Å². The van der Waals surface area contributed by atoms with Crippen molar-refractivity contribution in [1.82, 2.24) is 0 Å². The molecule has 0 amide bonds. The number of carbonyl (C=O) groups excluding carboxylic acids is 1. The average molecular weight is 1180 g/mol. The maximum absolute atomic E-state index is 15.0. The van der Waals surface area contributed by atoms with Crippen LogP contribution in [0.2, 0.25) is 0 Å². The molecule has 4 saturated carbocycles. The SMILES string of the molecule is C=C1CC[C@]2(C(=O)O[C@@H]3O[C@H](CO[C@@H]4O[C@H](CO)[C@@H](O)[C@H](O)[C@H]4O)[C@@H](O)[C@H](O)[C@H]3O)CC[C@]3(C)C(=CCC4[C@@]5(C)CC[C@H](O[C@@H]6OC[C@H](O[C@@H]7OC[C@H](O)[C@H](O)[C@H]7O[C@@H]7O[C@@H](C)[C@H](O)[C@@H](O)[C@H]7O)[C@H](O)[C@H]6O)C(C)(C)C5CC[C@]43C)C2C1. The third-order valence-corrected chi connectivity index (χ3v) is 22.1. The number of allylic oxidation sites excluding steroid dienone is 3. The zero-order chi connectivity index (χ0) is 59.5. The third kappa shape index (κ3) is 10.5. The molecule has 0 spiro atoms. The molecule has 0 bridgehead atoms. The number of carbonyl (C=O) groups is 1. The first-order chi connectivity index (χ1) is 38.5. The van der Waals surface area contributed by atoms with Gasteiger partial charge in [0.2, 0.25) is 6.29 Å². The molecule has 5 saturated heterocycles. The summed E-state index contributed by atoms with van der Waals surface area (Å²) in [6.45, 7) is 15.4. The van der Waals surface area contributed by atoms with Crippen LogP contribution in [0.25, 0.3) is 0 Å². The van der Waals surface area contributed by atoms with E-state index in [9.17, 15) is 76.3 Å². The smallest absolute Gasteiger partial charge is 0.315 e. The predicted molar refractivity (Wildman–Crippen MR) is 277 cm³/mol. The van der Waals surface area contributed by atoms with Gasteiger partial charge in [0.25, 0.3) is 0 Å². The molecule has 25 heteroatoms. The summed E-state index contributed by atoms with van der Waals surface area (Å²) in [5, 5.41) is 150. The molecule has 10 aliphatic rings. The second kappa shape index (κ2) is 23.5. The number of aliphatic hydroxyl groups excluding tert-OH is 14. The maximum Gasteiger partial charge on any atom is 0.315 e. The van der Waals surface area contributed by atoms with Crippen LogP contribution < -0.4 is 0 Å². The number of rotatable bonds is 12. The Hall–Kier alpha value is -1.97. The van der Waals surface area contributed by atoms with Gasteiger partial charge in [-0.2, -0.15) is 0 Å². The number of hydrogen-bond donors (Lipinski definition) is 14. The van der Waals surface area contributed by atoms with Gasteiger partial charge in [-0.3, -0.25) is 4.79 Å². The topological polar surface area (TPSA) is 393 Å². The van der Waals surface area contributed by atoms with Gasteiger partial charge in [0.05, 0.1) is 44.1 Å². The van der Waals surface area contributed by atoms with Crippen molar-refractivity contribution in [3.8, 4) is 0 Å². The van der Waals surface area contributed by atoms with Crippen LogP contribution in [0.5, 0.6) is 0 Å². The molecule has 25 nitrogen and oxygen atoms in total. The lowest BCUT2D eigenvalue weighted by molar-refractivity contribution is -0.371. The van der Waals surface area contributed by atoms with Gasteiger partial charge >= 0.3 is 5.97 Å². The molecule has 9 fully saturated rings. The zero-order valence-electron chi connectivity index (χ0n) is 47.5. The standard InChI is InChI=1S/C57H90O25/c1-23-10-15-57(52(72)82-50-45(71)41(67)37(63)29(78-50)21-74-47-43(69)40(66)36(62)28(19-58)77-47)17-16-55(6)25(26(57)18-23)8-9-32-54(5)13-12-33(53(3,4)31(54)11-14-56(32,55)7)80-48-42(68)38(64)30(22-75-48)79-51-46(35(61)27(59)20-73-51)81-49-44(70)39(65)34(60)24(2)76-49/h8,24,26-51,58-71H,1,9-22H2,2-7H3/t24-,26?,27-,28+,29+,30-,31?,32?,33-,34-,35-,36+,37+,38-,39+,40-,41-,42+,43+,44+,45+,46+,47+,48-,49-,50-,51-,54-,55+,56+,57-/m0/s1. The molecule has 3 unspecified atom stereocenters. The van der Waals surface area contributed by atoms with E-state index in [-0.39, 0.29) is 47.2 Å². The lowest BCUT2D eigenvalue weighted by Crippen LogP contribution is -2.66. The summed E-state index contributed by atoms with van der Waals surface area (Å²) in [5.74, 6) is -0.521. The van der Waals surface area contributed by atoms with Crippen molar-refractivity contribution < 1.29 is 124 Å². The van der Waals surface area contributed by atoms with E-state index in [1.165, 1.54) is 12.5 Å². The number of fused-ring (bicyclic) bond motifs is 7. The lowest BCUT2D eigenvalue weighted by atomic mass is 9.34. The van der Waals surface area contributed by atoms with E-state index in [4.69, 9.17) is 47.4 Å². The Kier molecular flexibility index (Phi) is 18.1. The molecule has 82 heavy (non-hydrogen) atoms. The minimum absolute atomic E-state index is 0.160. The first kappa shape index (κ1) is 63.1. The van der Waals surface area contributed by atoms with Crippen LogP contribution in [0.1, 0.15) is 106 Å². The van der Waals surface area contributed by atoms with Gasteiger partial charge in [-0.1, -0.05) is 58.4 Å². The molecule has 468 valence electrons. The van der Waals surface area contributed by atoms with E-state index in [1.54, 1.807) is 0 Å². The van der Waals surface area contributed by atoms with Gasteiger partial charge in [0.15, 0.2) is 25.2 Å². The summed E-state index contributed by atoms with van der Waals surface area (Å²) in [4.78, 5) is 15.0. The van der Waals surface area contributed by atoms with Gasteiger partial charge in [-0.25, -0.2) is 0 Å². The van der Waals surface area contributed by atoms with Gasteiger partial charge < -0.3 is 119 Å². The van der Waals surface area contributed by atoms with Crippen molar-refractivity contribution in [2.75, 3.05) is 26.4 Å². The van der Waals surface area contributed by atoms with Crippen LogP contribution >= 0.6 is 0 Å².